The van der Waals surface area contributed by atoms with E-state index in [-0.39, 0.29) is 5.54 Å². The van der Waals surface area contributed by atoms with E-state index >= 15 is 0 Å². The highest BCUT2D eigenvalue weighted by Crippen LogP contribution is 2.49. The first-order chi connectivity index (χ1) is 16.1. The van der Waals surface area contributed by atoms with Gasteiger partial charge in [-0.1, -0.05) is 41.4 Å². The zero-order valence-electron chi connectivity index (χ0n) is 18.9. The minimum atomic E-state index is -0.133. The molecule has 6 rings (SSSR count). The fourth-order valence-electron chi connectivity index (χ4n) is 4.85. The Morgan fingerprint density at radius 3 is 2.33 bits per heavy atom. The van der Waals surface area contributed by atoms with Crippen molar-refractivity contribution in [3.8, 4) is 0 Å². The lowest BCUT2D eigenvalue weighted by Gasteiger charge is -2.28. The van der Waals surface area contributed by atoms with Gasteiger partial charge in [-0.2, -0.15) is 9.97 Å². The third kappa shape index (κ3) is 3.95. The van der Waals surface area contributed by atoms with Crippen LogP contribution in [0.5, 0.6) is 0 Å². The molecular formula is C24H29ClN8. The van der Waals surface area contributed by atoms with Crippen LogP contribution in [0.15, 0.2) is 24.3 Å². The molecule has 33 heavy (non-hydrogen) atoms. The Balaban J connectivity index is 1.41. The van der Waals surface area contributed by atoms with E-state index in [1.807, 2.05) is 0 Å². The first-order valence-corrected chi connectivity index (χ1v) is 12.3. The van der Waals surface area contributed by atoms with E-state index in [1.54, 1.807) is 0 Å². The normalized spacial score (nSPS) is 19.8. The summed E-state index contributed by atoms with van der Waals surface area (Å²) in [7, 11) is 0. The molecule has 2 N–H and O–H groups in total. The molecule has 8 nitrogen and oxygen atoms in total. The lowest BCUT2D eigenvalue weighted by atomic mass is 10.0. The van der Waals surface area contributed by atoms with Crippen molar-refractivity contribution in [3.63, 3.8) is 0 Å². The zero-order valence-corrected chi connectivity index (χ0v) is 19.7. The number of aromatic nitrogens is 4. The van der Waals surface area contributed by atoms with Gasteiger partial charge in [-0.25, -0.2) is 9.97 Å². The molecule has 3 aromatic rings. The summed E-state index contributed by atoms with van der Waals surface area (Å²) in [4.78, 5) is 24.0. The summed E-state index contributed by atoms with van der Waals surface area (Å²) in [6.45, 7) is 7.68. The van der Waals surface area contributed by atoms with Crippen molar-refractivity contribution in [1.29, 1.82) is 0 Å². The van der Waals surface area contributed by atoms with E-state index in [1.165, 1.54) is 11.1 Å². The molecule has 0 spiro atoms. The molecule has 0 atom stereocenters. The van der Waals surface area contributed by atoms with E-state index in [2.05, 4.69) is 51.6 Å². The number of anilines is 3. The number of aryl methyl sites for hydroxylation is 1. The number of hydrogen-bond donors (Lipinski definition) is 2. The second kappa shape index (κ2) is 8.25. The largest absolute Gasteiger partial charge is 0.358 e. The molecule has 4 heterocycles. The number of nitrogens with zero attached hydrogens (tertiary/aromatic N) is 6. The van der Waals surface area contributed by atoms with Crippen LogP contribution in [-0.4, -0.2) is 59.2 Å². The lowest BCUT2D eigenvalue weighted by molar-refractivity contribution is 0.580. The van der Waals surface area contributed by atoms with E-state index in [9.17, 15) is 0 Å². The van der Waals surface area contributed by atoms with Gasteiger partial charge < -0.3 is 20.4 Å². The predicted molar refractivity (Wildman–Crippen MR) is 132 cm³/mol. The second-order valence-electron chi connectivity index (χ2n) is 9.39. The van der Waals surface area contributed by atoms with Gasteiger partial charge in [-0.3, -0.25) is 0 Å². The molecule has 0 unspecified atom stereocenters. The smallest absolute Gasteiger partial charge is 0.229 e. The maximum Gasteiger partial charge on any atom is 0.229 e. The number of benzene rings is 1. The van der Waals surface area contributed by atoms with Gasteiger partial charge in [0.2, 0.25) is 5.95 Å². The lowest BCUT2D eigenvalue weighted by Crippen LogP contribution is -2.44. The van der Waals surface area contributed by atoms with E-state index in [0.717, 1.165) is 76.7 Å². The maximum absolute atomic E-state index is 6.69. The van der Waals surface area contributed by atoms with Crippen molar-refractivity contribution in [1.82, 2.24) is 25.3 Å². The summed E-state index contributed by atoms with van der Waals surface area (Å²) in [6, 6.07) is 8.68. The summed E-state index contributed by atoms with van der Waals surface area (Å²) >= 11 is 6.69. The first-order valence-electron chi connectivity index (χ1n) is 11.9. The average Bonchev–Trinajstić information content (AvgIpc) is 3.41. The van der Waals surface area contributed by atoms with Crippen molar-refractivity contribution in [2.45, 2.75) is 38.1 Å². The van der Waals surface area contributed by atoms with Crippen molar-refractivity contribution < 1.29 is 0 Å². The standard InChI is InChI=1S/C24H29ClN8/c1-16-4-6-17(7-5-16)24(8-9-24)31-21-19(25)27-18-20(28-21)29-23(33-14-10-26-11-15-33)30-22(18)32-12-2-3-13-32/h4-7,26H,2-3,8-15H2,1H3,(H,28,29,30,31). The molecule has 0 radical (unpaired) electrons. The molecule has 3 aliphatic rings. The van der Waals surface area contributed by atoms with Crippen LogP contribution in [0.25, 0.3) is 11.2 Å². The Morgan fingerprint density at radius 2 is 1.64 bits per heavy atom. The molecule has 0 amide bonds. The summed E-state index contributed by atoms with van der Waals surface area (Å²) < 4.78 is 0. The minimum Gasteiger partial charge on any atom is -0.358 e. The Labute approximate surface area is 198 Å². The topological polar surface area (TPSA) is 82.1 Å². The van der Waals surface area contributed by atoms with Crippen molar-refractivity contribution in [3.05, 3.63) is 40.5 Å². The molecule has 1 aromatic carbocycles. The molecule has 1 saturated carbocycles. The van der Waals surface area contributed by atoms with Crippen molar-refractivity contribution in [2.24, 2.45) is 0 Å². The summed E-state index contributed by atoms with van der Waals surface area (Å²) in [5.41, 5.74) is 3.67. The van der Waals surface area contributed by atoms with Gasteiger partial charge in [0, 0.05) is 39.3 Å². The average molecular weight is 465 g/mol. The summed E-state index contributed by atoms with van der Waals surface area (Å²) in [6.07, 6.45) is 4.41. The highest BCUT2D eigenvalue weighted by molar-refractivity contribution is 6.32. The van der Waals surface area contributed by atoms with Crippen LogP contribution in [0.1, 0.15) is 36.8 Å². The SMILES string of the molecule is Cc1ccc(C2(Nc3nc4nc(N5CCNCC5)nc(N5CCCC5)c4nc3Cl)CC2)cc1. The fourth-order valence-corrected chi connectivity index (χ4v) is 5.02. The third-order valence-electron chi connectivity index (χ3n) is 6.98. The minimum absolute atomic E-state index is 0.133. The first kappa shape index (κ1) is 20.9. The third-order valence-corrected chi connectivity index (χ3v) is 7.24. The van der Waals surface area contributed by atoms with Gasteiger partial charge in [-0.05, 0) is 38.2 Å². The number of rotatable bonds is 5. The molecule has 9 heteroatoms. The van der Waals surface area contributed by atoms with Crippen molar-refractivity contribution >= 4 is 40.3 Å². The molecule has 1 aliphatic carbocycles. The van der Waals surface area contributed by atoms with Crippen molar-refractivity contribution in [2.75, 3.05) is 54.4 Å². The number of nitrogens with one attached hydrogen (secondary N) is 2. The van der Waals surface area contributed by atoms with Gasteiger partial charge in [0.25, 0.3) is 0 Å². The zero-order chi connectivity index (χ0) is 22.4. The van der Waals surface area contributed by atoms with Crippen LogP contribution in [0.3, 0.4) is 0 Å². The Hall–Kier alpha value is -2.71. The van der Waals surface area contributed by atoms with Crippen LogP contribution in [-0.2, 0) is 5.54 Å². The highest BCUT2D eigenvalue weighted by Gasteiger charge is 2.45. The molecule has 3 fully saturated rings. The predicted octanol–water partition coefficient (Wildman–Crippen LogP) is 3.49. The van der Waals surface area contributed by atoms with Crippen LogP contribution in [0.4, 0.5) is 17.6 Å². The maximum atomic E-state index is 6.69. The quantitative estimate of drug-likeness (QED) is 0.593. The van der Waals surface area contributed by atoms with E-state index < -0.39 is 0 Å². The molecule has 2 saturated heterocycles. The monoisotopic (exact) mass is 464 g/mol. The van der Waals surface area contributed by atoms with Crippen LogP contribution >= 0.6 is 11.6 Å². The van der Waals surface area contributed by atoms with Crippen LogP contribution in [0.2, 0.25) is 5.15 Å². The van der Waals surface area contributed by atoms with E-state index in [0.29, 0.717) is 22.1 Å². The Bertz CT molecular complexity index is 1170. The second-order valence-corrected chi connectivity index (χ2v) is 9.74. The molecular weight excluding hydrogens is 436 g/mol. The molecule has 172 valence electrons. The number of halogens is 1. The molecule has 2 aliphatic heterocycles. The van der Waals surface area contributed by atoms with Gasteiger partial charge in [0.15, 0.2) is 28.0 Å². The summed E-state index contributed by atoms with van der Waals surface area (Å²) in [5.74, 6) is 2.18. The summed E-state index contributed by atoms with van der Waals surface area (Å²) in [5, 5.41) is 7.38. The van der Waals surface area contributed by atoms with Crippen LogP contribution < -0.4 is 20.4 Å². The van der Waals surface area contributed by atoms with E-state index in [4.69, 9.17) is 31.5 Å². The molecule has 2 aromatic heterocycles. The van der Waals surface area contributed by atoms with Gasteiger partial charge in [0.1, 0.15) is 0 Å². The number of piperazine rings is 1. The fraction of sp³-hybridized carbons (Fsp3) is 0.500. The Morgan fingerprint density at radius 1 is 0.909 bits per heavy atom. The Kier molecular flexibility index (Phi) is 5.22. The highest BCUT2D eigenvalue weighted by atomic mass is 35.5. The molecule has 0 bridgehead atoms. The van der Waals surface area contributed by atoms with Gasteiger partial charge in [0.05, 0.1) is 5.54 Å². The van der Waals surface area contributed by atoms with Crippen LogP contribution in [0, 0.1) is 6.92 Å². The van der Waals surface area contributed by atoms with Gasteiger partial charge in [-0.15, -0.1) is 0 Å². The van der Waals surface area contributed by atoms with Gasteiger partial charge >= 0.3 is 0 Å². The number of hydrogen-bond acceptors (Lipinski definition) is 8. The number of fused-ring (bicyclic) bond motifs is 1.